The fourth-order valence-corrected chi connectivity index (χ4v) is 2.78. The van der Waals surface area contributed by atoms with Crippen molar-refractivity contribution in [2.45, 2.75) is 11.2 Å². The van der Waals surface area contributed by atoms with Gasteiger partial charge in [0.15, 0.2) is 0 Å². The predicted molar refractivity (Wildman–Crippen MR) is 58.7 cm³/mol. The summed E-state index contributed by atoms with van der Waals surface area (Å²) in [5, 5.41) is 11.4. The lowest BCUT2D eigenvalue weighted by Gasteiger charge is -2.13. The van der Waals surface area contributed by atoms with E-state index in [1.165, 1.54) is 11.3 Å². The van der Waals surface area contributed by atoms with Crippen LogP contribution in [-0.2, 0) is 4.79 Å². The van der Waals surface area contributed by atoms with Crippen LogP contribution in [0.5, 0.6) is 0 Å². The van der Waals surface area contributed by atoms with Gasteiger partial charge in [-0.1, -0.05) is 15.9 Å². The summed E-state index contributed by atoms with van der Waals surface area (Å²) < 4.78 is 0. The lowest BCUT2D eigenvalue weighted by atomic mass is 10.3. The number of alkyl halides is 1. The number of halogens is 1. The summed E-state index contributed by atoms with van der Waals surface area (Å²) in [5.74, 6) is 0.0592. The zero-order valence-corrected chi connectivity index (χ0v) is 9.64. The van der Waals surface area contributed by atoms with E-state index in [1.54, 1.807) is 11.0 Å². The Kier molecular flexibility index (Phi) is 2.57. The van der Waals surface area contributed by atoms with Crippen LogP contribution < -0.4 is 4.90 Å². The van der Waals surface area contributed by atoms with Gasteiger partial charge in [-0.25, -0.2) is 0 Å². The van der Waals surface area contributed by atoms with Gasteiger partial charge in [-0.3, -0.25) is 4.79 Å². The molecule has 0 spiro atoms. The minimum absolute atomic E-state index is 0.0592. The third kappa shape index (κ3) is 1.45. The van der Waals surface area contributed by atoms with E-state index in [-0.39, 0.29) is 10.7 Å². The standard InChI is InChI=1S/C9H7BrN2OS/c10-7-1-3-12(8(7)13)9-6(5-11)2-4-14-9/h2,4,7H,1,3H2/t7-/m1/s1. The van der Waals surface area contributed by atoms with Gasteiger partial charge in [0.1, 0.15) is 11.1 Å². The third-order valence-electron chi connectivity index (χ3n) is 2.15. The molecule has 1 aromatic rings. The van der Waals surface area contributed by atoms with Gasteiger partial charge in [-0.15, -0.1) is 11.3 Å². The lowest BCUT2D eigenvalue weighted by molar-refractivity contribution is -0.116. The molecule has 0 unspecified atom stereocenters. The number of anilines is 1. The second kappa shape index (κ2) is 3.71. The smallest absolute Gasteiger partial charge is 0.241 e. The molecule has 0 N–H and O–H groups in total. The van der Waals surface area contributed by atoms with Crippen LogP contribution in [0.4, 0.5) is 5.00 Å². The number of hydrogen-bond acceptors (Lipinski definition) is 3. The second-order valence-electron chi connectivity index (χ2n) is 3.00. The van der Waals surface area contributed by atoms with E-state index in [9.17, 15) is 4.79 Å². The molecular weight excluding hydrogens is 264 g/mol. The number of nitriles is 1. The number of nitrogens with zero attached hydrogens (tertiary/aromatic N) is 2. The van der Waals surface area contributed by atoms with Crippen molar-refractivity contribution in [3.8, 4) is 6.07 Å². The Balaban J connectivity index is 2.33. The molecule has 72 valence electrons. The van der Waals surface area contributed by atoms with Crippen molar-refractivity contribution >= 4 is 38.2 Å². The molecule has 0 aliphatic carbocycles. The Labute approximate surface area is 94.1 Å². The second-order valence-corrected chi connectivity index (χ2v) is 5.00. The Morgan fingerprint density at radius 1 is 1.71 bits per heavy atom. The van der Waals surface area contributed by atoms with Crippen molar-refractivity contribution in [2.75, 3.05) is 11.4 Å². The summed E-state index contributed by atoms with van der Waals surface area (Å²) >= 11 is 4.75. The van der Waals surface area contributed by atoms with Crippen molar-refractivity contribution < 1.29 is 4.79 Å². The first-order valence-corrected chi connectivity index (χ1v) is 5.96. The van der Waals surface area contributed by atoms with E-state index < -0.39 is 0 Å². The van der Waals surface area contributed by atoms with Crippen LogP contribution >= 0.6 is 27.3 Å². The molecule has 1 amide bonds. The highest BCUT2D eigenvalue weighted by molar-refractivity contribution is 9.10. The van der Waals surface area contributed by atoms with E-state index in [1.807, 2.05) is 5.38 Å². The summed E-state index contributed by atoms with van der Waals surface area (Å²) in [5.41, 5.74) is 0.588. The maximum absolute atomic E-state index is 11.6. The van der Waals surface area contributed by atoms with Gasteiger partial charge < -0.3 is 4.90 Å². The van der Waals surface area contributed by atoms with Crippen LogP contribution in [0.2, 0.25) is 0 Å². The monoisotopic (exact) mass is 270 g/mol. The molecule has 1 aliphatic rings. The van der Waals surface area contributed by atoms with Gasteiger partial charge >= 0.3 is 0 Å². The molecule has 1 aliphatic heterocycles. The first-order valence-electron chi connectivity index (χ1n) is 4.17. The van der Waals surface area contributed by atoms with Gasteiger partial charge in [-0.2, -0.15) is 5.26 Å². The molecule has 0 saturated carbocycles. The molecule has 5 heteroatoms. The number of carbonyl (C=O) groups is 1. The normalized spacial score (nSPS) is 21.3. The van der Waals surface area contributed by atoms with Crippen LogP contribution in [0, 0.1) is 11.3 Å². The first-order chi connectivity index (χ1) is 6.74. The molecular formula is C9H7BrN2OS. The van der Waals surface area contributed by atoms with Crippen LogP contribution in [0.1, 0.15) is 12.0 Å². The SMILES string of the molecule is N#Cc1ccsc1N1CC[C@@H](Br)C1=O. The third-order valence-corrected chi connectivity index (χ3v) is 3.94. The fraction of sp³-hybridized carbons (Fsp3) is 0.333. The van der Waals surface area contributed by atoms with E-state index in [0.717, 1.165) is 11.4 Å². The van der Waals surface area contributed by atoms with Gasteiger partial charge in [0.05, 0.1) is 10.4 Å². The quantitative estimate of drug-likeness (QED) is 0.734. The zero-order chi connectivity index (χ0) is 10.1. The number of hydrogen-bond donors (Lipinski definition) is 0. The highest BCUT2D eigenvalue weighted by Gasteiger charge is 2.32. The zero-order valence-electron chi connectivity index (χ0n) is 7.24. The molecule has 1 saturated heterocycles. The molecule has 0 radical (unpaired) electrons. The summed E-state index contributed by atoms with van der Waals surface area (Å²) in [6.45, 7) is 0.698. The average Bonchev–Trinajstić information content (AvgIpc) is 2.75. The van der Waals surface area contributed by atoms with E-state index in [0.29, 0.717) is 12.1 Å². The van der Waals surface area contributed by atoms with E-state index in [4.69, 9.17) is 5.26 Å². The maximum Gasteiger partial charge on any atom is 0.241 e. The van der Waals surface area contributed by atoms with Crippen molar-refractivity contribution in [3.63, 3.8) is 0 Å². The minimum Gasteiger partial charge on any atom is -0.302 e. The van der Waals surface area contributed by atoms with Crippen LogP contribution in [0.3, 0.4) is 0 Å². The number of amides is 1. The van der Waals surface area contributed by atoms with Crippen molar-refractivity contribution in [1.82, 2.24) is 0 Å². The van der Waals surface area contributed by atoms with Crippen LogP contribution in [0.15, 0.2) is 11.4 Å². The highest BCUT2D eigenvalue weighted by atomic mass is 79.9. The van der Waals surface area contributed by atoms with Crippen molar-refractivity contribution in [1.29, 1.82) is 5.26 Å². The number of carbonyl (C=O) groups excluding carboxylic acids is 1. The highest BCUT2D eigenvalue weighted by Crippen LogP contribution is 2.32. The fourth-order valence-electron chi connectivity index (χ4n) is 1.44. The molecule has 0 bridgehead atoms. The molecule has 3 nitrogen and oxygen atoms in total. The molecule has 1 aromatic heterocycles. The summed E-state index contributed by atoms with van der Waals surface area (Å²) in [4.78, 5) is 13.2. The topological polar surface area (TPSA) is 44.1 Å². The van der Waals surface area contributed by atoms with E-state index >= 15 is 0 Å². The largest absolute Gasteiger partial charge is 0.302 e. The van der Waals surface area contributed by atoms with Crippen molar-refractivity contribution in [3.05, 3.63) is 17.0 Å². The molecule has 2 heterocycles. The Morgan fingerprint density at radius 3 is 3.07 bits per heavy atom. The first kappa shape index (κ1) is 9.69. The van der Waals surface area contributed by atoms with Crippen LogP contribution in [0.25, 0.3) is 0 Å². The molecule has 2 rings (SSSR count). The summed E-state index contributed by atoms with van der Waals surface area (Å²) in [6.07, 6.45) is 0.807. The Morgan fingerprint density at radius 2 is 2.50 bits per heavy atom. The minimum atomic E-state index is -0.0869. The van der Waals surface area contributed by atoms with E-state index in [2.05, 4.69) is 22.0 Å². The molecule has 1 atom stereocenters. The van der Waals surface area contributed by atoms with Gasteiger partial charge in [0.2, 0.25) is 5.91 Å². The molecule has 0 aromatic carbocycles. The predicted octanol–water partition coefficient (Wildman–Crippen LogP) is 2.12. The van der Waals surface area contributed by atoms with Gasteiger partial charge in [0, 0.05) is 6.54 Å². The maximum atomic E-state index is 11.6. The number of rotatable bonds is 1. The van der Waals surface area contributed by atoms with Gasteiger partial charge in [-0.05, 0) is 17.9 Å². The van der Waals surface area contributed by atoms with Gasteiger partial charge in [0.25, 0.3) is 0 Å². The van der Waals surface area contributed by atoms with Crippen molar-refractivity contribution in [2.24, 2.45) is 0 Å². The average molecular weight is 271 g/mol. The Bertz CT molecular complexity index is 409. The molecule has 14 heavy (non-hydrogen) atoms. The molecule has 1 fully saturated rings. The Hall–Kier alpha value is -0.860. The van der Waals surface area contributed by atoms with Crippen LogP contribution in [-0.4, -0.2) is 17.3 Å². The number of thiophene rings is 1. The lowest BCUT2D eigenvalue weighted by Crippen LogP contribution is -2.26. The summed E-state index contributed by atoms with van der Waals surface area (Å²) in [7, 11) is 0. The summed E-state index contributed by atoms with van der Waals surface area (Å²) in [6, 6.07) is 3.83.